The number of nitrogens with zero attached hydrogens (tertiary/aromatic N) is 1. The van der Waals surface area contributed by atoms with Crippen molar-refractivity contribution in [3.63, 3.8) is 0 Å². The van der Waals surface area contributed by atoms with Crippen molar-refractivity contribution in [2.45, 2.75) is 26.6 Å². The van der Waals surface area contributed by atoms with Gasteiger partial charge in [0.1, 0.15) is 30.9 Å². The van der Waals surface area contributed by atoms with Crippen LogP contribution in [0, 0.1) is 48.8 Å². The standard InChI is InChI=1S/C28H28FNO6/c1-13-5-18(35-12-17(32)10-31)6-14(2)23(13)15-3-4-21(29)16(7-15)11-36-22-8-19-20(9-30-22)25-26-24(19)28(25,26)27(33)34/h3-8,17,20,24-26,31-32H,9-12H2,1-2H3,(H,33,34). The lowest BCUT2D eigenvalue weighted by atomic mass is 9.94. The monoisotopic (exact) mass is 493 g/mol. The normalized spacial score (nSPS) is 29.5. The minimum absolute atomic E-state index is 0.00704. The van der Waals surface area contributed by atoms with Crippen LogP contribution in [0.25, 0.3) is 11.1 Å². The molecule has 1 aliphatic heterocycles. The van der Waals surface area contributed by atoms with Gasteiger partial charge in [-0.1, -0.05) is 11.6 Å². The maximum absolute atomic E-state index is 14.7. The third-order valence-corrected chi connectivity index (χ3v) is 8.34. The van der Waals surface area contributed by atoms with E-state index in [0.29, 0.717) is 23.8 Å². The zero-order valence-corrected chi connectivity index (χ0v) is 20.1. The second-order valence-corrected chi connectivity index (χ2v) is 10.4. The molecule has 2 aromatic rings. The molecule has 2 bridgehead atoms. The van der Waals surface area contributed by atoms with Crippen LogP contribution >= 0.6 is 0 Å². The third-order valence-electron chi connectivity index (χ3n) is 8.34. The minimum atomic E-state index is -0.945. The van der Waals surface area contributed by atoms with E-state index >= 15 is 0 Å². The summed E-state index contributed by atoms with van der Waals surface area (Å²) in [4.78, 5) is 16.2. The van der Waals surface area contributed by atoms with Crippen molar-refractivity contribution in [3.8, 4) is 16.9 Å². The summed E-state index contributed by atoms with van der Waals surface area (Å²) in [5.74, 6) is 0.824. The fourth-order valence-electron chi connectivity index (χ4n) is 6.70. The van der Waals surface area contributed by atoms with Gasteiger partial charge in [0.25, 0.3) is 0 Å². The van der Waals surface area contributed by atoms with E-state index in [1.807, 2.05) is 32.1 Å². The molecular weight excluding hydrogens is 465 g/mol. The minimum Gasteiger partial charge on any atom is -0.491 e. The molecule has 5 aliphatic rings. The Bertz CT molecular complexity index is 1310. The number of aliphatic imine (C=N–C) groups is 1. The Morgan fingerprint density at radius 1 is 1.19 bits per heavy atom. The van der Waals surface area contributed by atoms with E-state index < -0.39 is 17.5 Å². The summed E-state index contributed by atoms with van der Waals surface area (Å²) in [7, 11) is 0. The Balaban J connectivity index is 1.17. The van der Waals surface area contributed by atoms with Gasteiger partial charge in [-0.25, -0.2) is 4.39 Å². The molecule has 36 heavy (non-hydrogen) atoms. The van der Waals surface area contributed by atoms with Crippen LogP contribution in [0.2, 0.25) is 0 Å². The van der Waals surface area contributed by atoms with E-state index in [0.717, 1.165) is 27.8 Å². The van der Waals surface area contributed by atoms with Gasteiger partial charge in [0.05, 0.1) is 12.0 Å². The number of aliphatic hydroxyl groups is 2. The zero-order chi connectivity index (χ0) is 25.4. The number of benzene rings is 2. The largest absolute Gasteiger partial charge is 0.491 e. The molecule has 0 spiro atoms. The van der Waals surface area contributed by atoms with Crippen molar-refractivity contribution in [1.29, 1.82) is 0 Å². The van der Waals surface area contributed by atoms with Crippen molar-refractivity contribution in [1.82, 2.24) is 0 Å². The molecule has 0 saturated heterocycles. The summed E-state index contributed by atoms with van der Waals surface area (Å²) in [6.07, 6.45) is 0.936. The summed E-state index contributed by atoms with van der Waals surface area (Å²) < 4.78 is 26.1. The van der Waals surface area contributed by atoms with Gasteiger partial charge in [0, 0.05) is 23.9 Å². The first-order valence-corrected chi connectivity index (χ1v) is 12.2. The van der Waals surface area contributed by atoms with Crippen LogP contribution in [-0.4, -0.2) is 53.0 Å². The highest BCUT2D eigenvalue weighted by molar-refractivity contribution is 5.94. The summed E-state index contributed by atoms with van der Waals surface area (Å²) in [6, 6.07) is 8.64. The number of carboxylic acids is 1. The summed E-state index contributed by atoms with van der Waals surface area (Å²) in [5, 5.41) is 28.1. The van der Waals surface area contributed by atoms with Crippen molar-refractivity contribution in [2.24, 2.45) is 34.1 Å². The van der Waals surface area contributed by atoms with Gasteiger partial charge in [-0.05, 0) is 78.3 Å². The second kappa shape index (κ2) is 8.15. The number of hydrogen-bond acceptors (Lipinski definition) is 6. The molecule has 0 aromatic heterocycles. The molecule has 7 nitrogen and oxygen atoms in total. The highest BCUT2D eigenvalue weighted by Crippen LogP contribution is 2.94. The number of aryl methyl sites for hydroxylation is 2. The average Bonchev–Trinajstić information content (AvgIpc) is 3.65. The van der Waals surface area contributed by atoms with Crippen LogP contribution in [0.5, 0.6) is 5.75 Å². The lowest BCUT2D eigenvalue weighted by molar-refractivity contribution is -0.141. The van der Waals surface area contributed by atoms with E-state index in [1.54, 1.807) is 12.1 Å². The molecule has 0 radical (unpaired) electrons. The molecule has 1 heterocycles. The Morgan fingerprint density at radius 2 is 1.94 bits per heavy atom. The van der Waals surface area contributed by atoms with Gasteiger partial charge in [0.15, 0.2) is 0 Å². The molecule has 4 aliphatic carbocycles. The first-order chi connectivity index (χ1) is 17.3. The number of aliphatic hydroxyl groups excluding tert-OH is 2. The highest BCUT2D eigenvalue weighted by Gasteiger charge is 2.97. The van der Waals surface area contributed by atoms with Crippen molar-refractivity contribution in [2.75, 3.05) is 19.8 Å². The Hall–Kier alpha value is -3.23. The lowest BCUT2D eigenvalue weighted by Crippen LogP contribution is -2.21. The summed E-state index contributed by atoms with van der Waals surface area (Å²) >= 11 is 0. The van der Waals surface area contributed by atoms with Crippen molar-refractivity contribution in [3.05, 3.63) is 64.5 Å². The van der Waals surface area contributed by atoms with Gasteiger partial charge in [-0.15, -0.1) is 0 Å². The first-order valence-electron chi connectivity index (χ1n) is 12.2. The van der Waals surface area contributed by atoms with Crippen LogP contribution in [0.1, 0.15) is 16.7 Å². The molecule has 6 atom stereocenters. The van der Waals surface area contributed by atoms with Crippen molar-refractivity contribution >= 4 is 11.9 Å². The predicted molar refractivity (Wildman–Crippen MR) is 129 cm³/mol. The van der Waals surface area contributed by atoms with E-state index in [9.17, 15) is 19.4 Å². The van der Waals surface area contributed by atoms with Gasteiger partial charge >= 0.3 is 5.97 Å². The predicted octanol–water partition coefficient (Wildman–Crippen LogP) is 3.27. The molecule has 3 N–H and O–H groups in total. The molecule has 2 aromatic carbocycles. The van der Waals surface area contributed by atoms with Crippen LogP contribution in [0.15, 0.2) is 47.0 Å². The van der Waals surface area contributed by atoms with Gasteiger partial charge < -0.3 is 24.8 Å². The molecule has 8 heteroatoms. The number of rotatable bonds is 8. The maximum atomic E-state index is 14.7. The van der Waals surface area contributed by atoms with Crippen LogP contribution < -0.4 is 4.74 Å². The van der Waals surface area contributed by atoms with Crippen molar-refractivity contribution < 1.29 is 34.0 Å². The fourth-order valence-corrected chi connectivity index (χ4v) is 6.70. The lowest BCUT2D eigenvalue weighted by Gasteiger charge is -2.18. The smallest absolute Gasteiger partial charge is 0.310 e. The maximum Gasteiger partial charge on any atom is 0.310 e. The number of hydrogen-bond donors (Lipinski definition) is 3. The van der Waals surface area contributed by atoms with Crippen LogP contribution in [-0.2, 0) is 16.1 Å². The average molecular weight is 494 g/mol. The van der Waals surface area contributed by atoms with E-state index in [2.05, 4.69) is 4.99 Å². The highest BCUT2D eigenvalue weighted by atomic mass is 19.1. The SMILES string of the molecule is Cc1cc(OCC(O)CO)cc(C)c1-c1ccc(F)c(COC2=NCC3C(=C2)C2C4C3C24C(=O)O)c1. The third kappa shape index (κ3) is 3.31. The van der Waals surface area contributed by atoms with Crippen LogP contribution in [0.4, 0.5) is 4.39 Å². The van der Waals surface area contributed by atoms with Gasteiger partial charge in [-0.3, -0.25) is 9.79 Å². The summed E-state index contributed by atoms with van der Waals surface area (Å²) in [6.45, 7) is 4.06. The van der Waals surface area contributed by atoms with E-state index in [4.69, 9.17) is 14.6 Å². The molecule has 4 saturated carbocycles. The van der Waals surface area contributed by atoms with E-state index in [1.165, 1.54) is 6.07 Å². The Labute approximate surface area is 207 Å². The molecule has 0 amide bonds. The zero-order valence-electron chi connectivity index (χ0n) is 20.1. The molecular formula is C28H28FNO6. The van der Waals surface area contributed by atoms with Crippen LogP contribution in [0.3, 0.4) is 0 Å². The number of carbonyl (C=O) groups is 1. The number of carboxylic acid groups (broad SMARTS) is 1. The molecule has 188 valence electrons. The van der Waals surface area contributed by atoms with Gasteiger partial charge in [-0.2, -0.15) is 0 Å². The number of halogens is 1. The number of ether oxygens (including phenoxy) is 2. The number of aliphatic carboxylic acids is 1. The molecule has 6 unspecified atom stereocenters. The summed E-state index contributed by atoms with van der Waals surface area (Å²) in [5.41, 5.74) is 4.69. The van der Waals surface area contributed by atoms with Gasteiger partial charge in [0.2, 0.25) is 5.90 Å². The topological polar surface area (TPSA) is 109 Å². The Kier molecular flexibility index (Phi) is 5.25. The fraction of sp³-hybridized carbons (Fsp3) is 0.429. The molecule has 4 fully saturated rings. The molecule has 7 rings (SSSR count). The second-order valence-electron chi connectivity index (χ2n) is 10.4. The Morgan fingerprint density at radius 3 is 2.61 bits per heavy atom. The number of dihydropyridines is 1. The van der Waals surface area contributed by atoms with E-state index in [-0.39, 0.29) is 49.3 Å². The quantitative estimate of drug-likeness (QED) is 0.521. The first kappa shape index (κ1) is 23.2.